The van der Waals surface area contributed by atoms with Crippen molar-refractivity contribution in [3.8, 4) is 17.2 Å². The van der Waals surface area contributed by atoms with Gasteiger partial charge in [-0.15, -0.1) is 0 Å². The molecule has 0 bridgehead atoms. The second-order valence-electron chi connectivity index (χ2n) is 12.7. The summed E-state index contributed by atoms with van der Waals surface area (Å²) < 4.78 is 45.2. The van der Waals surface area contributed by atoms with Gasteiger partial charge in [0.15, 0.2) is 17.3 Å². The van der Waals surface area contributed by atoms with Crippen LogP contribution >= 0.6 is 0 Å². The number of carbonyl (C=O) groups is 4. The second kappa shape index (κ2) is 17.9. The normalized spacial score (nSPS) is 22.7. The first-order valence-corrected chi connectivity index (χ1v) is 17.2. The van der Waals surface area contributed by atoms with Crippen LogP contribution in [-0.2, 0) is 46.2 Å². The van der Waals surface area contributed by atoms with Crippen molar-refractivity contribution < 1.29 is 57.1 Å². The molecule has 2 fully saturated rings. The first-order valence-electron chi connectivity index (χ1n) is 17.2. The number of rotatable bonds is 14. The second-order valence-corrected chi connectivity index (χ2v) is 12.7. The highest BCUT2D eigenvalue weighted by Crippen LogP contribution is 2.41. The zero-order chi connectivity index (χ0) is 36.2. The molecule has 1 spiro atoms. The van der Waals surface area contributed by atoms with Crippen molar-refractivity contribution >= 4 is 24.1 Å². The van der Waals surface area contributed by atoms with Crippen LogP contribution in [0.4, 0.5) is 9.59 Å². The van der Waals surface area contributed by atoms with Gasteiger partial charge in [-0.25, -0.2) is 14.4 Å². The standard InChI is InChI=1S/C36H47N3O12/c1-23(33(41)45-3)39-32(40)13-11-26-18-28(49-35(43)38-20-24-10-12-30-31(17-24)48-22-47-30)19-36(50-26)15-6-8-27(51-36)21-46-34(42)37-16-14-25-7-4-5-9-29(25)44-2/h4-5,7,9-10,12,17,23,26-28H,6,8,11,13-16,18-22H2,1-3H3,(H,37,42)(H,38,43)(H,39,40)/t23-,26?,27?,28?,36?/m0/s1. The Balaban J connectivity index is 1.15. The van der Waals surface area contributed by atoms with Gasteiger partial charge in [0.05, 0.1) is 26.4 Å². The lowest BCUT2D eigenvalue weighted by Crippen LogP contribution is -2.53. The molecule has 2 saturated heterocycles. The molecule has 2 aromatic rings. The summed E-state index contributed by atoms with van der Waals surface area (Å²) in [6.07, 6.45) is 0.675. The minimum absolute atomic E-state index is 0.00559. The van der Waals surface area contributed by atoms with Gasteiger partial charge in [0.1, 0.15) is 24.5 Å². The fourth-order valence-corrected chi connectivity index (χ4v) is 6.45. The third-order valence-electron chi connectivity index (χ3n) is 8.94. The first kappa shape index (κ1) is 37.5. The Labute approximate surface area is 296 Å². The molecule has 278 valence electrons. The molecule has 3 heterocycles. The molecular formula is C36H47N3O12. The quantitative estimate of drug-likeness (QED) is 0.190. The summed E-state index contributed by atoms with van der Waals surface area (Å²) in [5, 5.41) is 8.18. The van der Waals surface area contributed by atoms with Crippen LogP contribution in [0.2, 0.25) is 0 Å². The van der Waals surface area contributed by atoms with Crippen LogP contribution in [0.5, 0.6) is 17.2 Å². The number of esters is 1. The van der Waals surface area contributed by atoms with Crippen molar-refractivity contribution in [1.29, 1.82) is 0 Å². The maximum Gasteiger partial charge on any atom is 0.407 e. The summed E-state index contributed by atoms with van der Waals surface area (Å²) in [6, 6.07) is 12.2. The number of methoxy groups -OCH3 is 2. The minimum atomic E-state index is -1.12. The Morgan fingerprint density at radius 1 is 0.980 bits per heavy atom. The molecule has 3 N–H and O–H groups in total. The fourth-order valence-electron chi connectivity index (χ4n) is 6.45. The lowest BCUT2D eigenvalue weighted by Gasteiger charge is -2.47. The highest BCUT2D eigenvalue weighted by Gasteiger charge is 2.47. The number of benzene rings is 2. The SMILES string of the molecule is COC(=O)[C@H](C)NC(=O)CCC1CC(OC(=O)NCc2ccc3c(c2)OCO3)CC2(CCCC(COC(=O)NCCc3ccccc3OC)O2)O1. The van der Waals surface area contributed by atoms with E-state index in [0.717, 1.165) is 23.3 Å². The number of hydrogen-bond donors (Lipinski definition) is 3. The van der Waals surface area contributed by atoms with E-state index in [-0.39, 0.29) is 38.7 Å². The Hall–Kier alpha value is -4.76. The van der Waals surface area contributed by atoms with E-state index in [1.807, 2.05) is 30.3 Å². The lowest BCUT2D eigenvalue weighted by molar-refractivity contribution is -0.329. The number of alkyl carbamates (subject to hydrolysis) is 2. The predicted molar refractivity (Wildman–Crippen MR) is 180 cm³/mol. The highest BCUT2D eigenvalue weighted by molar-refractivity contribution is 5.84. The van der Waals surface area contributed by atoms with Crippen molar-refractivity contribution in [1.82, 2.24) is 16.0 Å². The number of ether oxygens (including phenoxy) is 8. The average molecular weight is 714 g/mol. The van der Waals surface area contributed by atoms with E-state index in [1.54, 1.807) is 26.2 Å². The Bertz CT molecular complexity index is 1520. The smallest absolute Gasteiger partial charge is 0.407 e. The molecule has 5 atom stereocenters. The zero-order valence-corrected chi connectivity index (χ0v) is 29.2. The van der Waals surface area contributed by atoms with Gasteiger partial charge < -0.3 is 53.8 Å². The number of amides is 3. The Morgan fingerprint density at radius 2 is 1.78 bits per heavy atom. The van der Waals surface area contributed by atoms with Crippen molar-refractivity contribution in [3.63, 3.8) is 0 Å². The lowest BCUT2D eigenvalue weighted by atomic mass is 9.90. The third kappa shape index (κ3) is 10.9. The summed E-state index contributed by atoms with van der Waals surface area (Å²) >= 11 is 0. The maximum absolute atomic E-state index is 13.0. The van der Waals surface area contributed by atoms with Gasteiger partial charge in [-0.1, -0.05) is 24.3 Å². The topological polar surface area (TPSA) is 178 Å². The van der Waals surface area contributed by atoms with Gasteiger partial charge in [-0.05, 0) is 61.9 Å². The van der Waals surface area contributed by atoms with Crippen LogP contribution in [0, 0.1) is 0 Å². The van der Waals surface area contributed by atoms with Crippen LogP contribution in [-0.4, -0.2) is 88.4 Å². The van der Waals surface area contributed by atoms with Crippen LogP contribution in [0.25, 0.3) is 0 Å². The molecule has 0 radical (unpaired) electrons. The van der Waals surface area contributed by atoms with E-state index in [4.69, 9.17) is 37.9 Å². The Morgan fingerprint density at radius 3 is 2.61 bits per heavy atom. The largest absolute Gasteiger partial charge is 0.496 e. The number of para-hydroxylation sites is 1. The molecule has 0 saturated carbocycles. The predicted octanol–water partition coefficient (Wildman–Crippen LogP) is 3.89. The molecule has 3 aliphatic heterocycles. The van der Waals surface area contributed by atoms with Crippen molar-refractivity contribution in [2.24, 2.45) is 0 Å². The molecule has 3 aliphatic rings. The van der Waals surface area contributed by atoms with Crippen LogP contribution in [0.1, 0.15) is 63.0 Å². The monoisotopic (exact) mass is 713 g/mol. The summed E-state index contributed by atoms with van der Waals surface area (Å²) in [7, 11) is 2.86. The molecule has 4 unspecified atom stereocenters. The molecule has 3 amide bonds. The molecule has 51 heavy (non-hydrogen) atoms. The third-order valence-corrected chi connectivity index (χ3v) is 8.94. The van der Waals surface area contributed by atoms with Crippen LogP contribution < -0.4 is 30.2 Å². The van der Waals surface area contributed by atoms with Crippen molar-refractivity contribution in [3.05, 3.63) is 53.6 Å². The van der Waals surface area contributed by atoms with E-state index in [0.29, 0.717) is 50.1 Å². The summed E-state index contributed by atoms with van der Waals surface area (Å²) in [5.74, 6) is -0.00388. The van der Waals surface area contributed by atoms with Gasteiger partial charge in [-0.3, -0.25) is 4.79 Å². The van der Waals surface area contributed by atoms with Crippen molar-refractivity contribution in [2.45, 2.75) is 95.0 Å². The maximum atomic E-state index is 13.0. The molecule has 15 nitrogen and oxygen atoms in total. The molecule has 2 aromatic carbocycles. The van der Waals surface area contributed by atoms with Gasteiger partial charge in [-0.2, -0.15) is 0 Å². The van der Waals surface area contributed by atoms with E-state index in [9.17, 15) is 19.2 Å². The number of fused-ring (bicyclic) bond motifs is 1. The van der Waals surface area contributed by atoms with E-state index in [1.165, 1.54) is 7.11 Å². The summed E-state index contributed by atoms with van der Waals surface area (Å²) in [5.41, 5.74) is 1.78. The number of carbonyl (C=O) groups excluding carboxylic acids is 4. The van der Waals surface area contributed by atoms with Gasteiger partial charge in [0.25, 0.3) is 0 Å². The molecule has 0 aliphatic carbocycles. The van der Waals surface area contributed by atoms with E-state index >= 15 is 0 Å². The van der Waals surface area contributed by atoms with E-state index < -0.39 is 48.3 Å². The number of nitrogens with one attached hydrogen (secondary N) is 3. The summed E-state index contributed by atoms with van der Waals surface area (Å²) in [6.45, 7) is 2.27. The van der Waals surface area contributed by atoms with Gasteiger partial charge in [0.2, 0.25) is 12.7 Å². The molecule has 15 heteroatoms. The molecule has 0 aromatic heterocycles. The zero-order valence-electron chi connectivity index (χ0n) is 29.2. The highest BCUT2D eigenvalue weighted by atomic mass is 16.7. The van der Waals surface area contributed by atoms with Crippen LogP contribution in [0.15, 0.2) is 42.5 Å². The Kier molecular flexibility index (Phi) is 13.2. The van der Waals surface area contributed by atoms with E-state index in [2.05, 4.69) is 16.0 Å². The molecule has 5 rings (SSSR count). The van der Waals surface area contributed by atoms with Gasteiger partial charge >= 0.3 is 18.2 Å². The number of hydrogen-bond acceptors (Lipinski definition) is 12. The van der Waals surface area contributed by atoms with Gasteiger partial charge in [0, 0.05) is 38.8 Å². The fraction of sp³-hybridized carbons (Fsp3) is 0.556. The minimum Gasteiger partial charge on any atom is -0.496 e. The first-order chi connectivity index (χ1) is 24.6. The van der Waals surface area contributed by atoms with Crippen molar-refractivity contribution in [2.75, 3.05) is 34.2 Å². The molecular weight excluding hydrogens is 666 g/mol. The average Bonchev–Trinajstić information content (AvgIpc) is 3.60. The van der Waals surface area contributed by atoms with Crippen LogP contribution in [0.3, 0.4) is 0 Å². The summed E-state index contributed by atoms with van der Waals surface area (Å²) in [4.78, 5) is 49.9.